The maximum atomic E-state index is 13.2. The van der Waals surface area contributed by atoms with Crippen molar-refractivity contribution in [2.75, 3.05) is 0 Å². The minimum atomic E-state index is -3.77. The molecule has 4 heteroatoms. The molecule has 25 heavy (non-hydrogen) atoms. The molecule has 0 aliphatic heterocycles. The van der Waals surface area contributed by atoms with Gasteiger partial charge in [-0.2, -0.15) is 0 Å². The maximum Gasteiger partial charge on any atom is 0.205 e. The zero-order valence-corrected chi connectivity index (χ0v) is 15.9. The Balaban J connectivity index is 2.56. The summed E-state index contributed by atoms with van der Waals surface area (Å²) in [4.78, 5) is 0.329. The quantitative estimate of drug-likeness (QED) is 0.760. The van der Waals surface area contributed by atoms with E-state index in [1.807, 2.05) is 19.9 Å². The number of aryl methyl sites for hydroxylation is 1. The maximum absolute atomic E-state index is 13.2. The summed E-state index contributed by atoms with van der Waals surface area (Å²) in [5.74, 6) is 0. The van der Waals surface area contributed by atoms with Crippen LogP contribution < -0.4 is 0 Å². The third kappa shape index (κ3) is 4.59. The summed E-state index contributed by atoms with van der Waals surface area (Å²) >= 11 is 0. The van der Waals surface area contributed by atoms with Crippen molar-refractivity contribution in [1.29, 1.82) is 0 Å². The van der Waals surface area contributed by atoms with Crippen LogP contribution in [0.15, 0.2) is 70.0 Å². The van der Waals surface area contributed by atoms with Crippen LogP contribution in [0, 0.1) is 6.92 Å². The smallest absolute Gasteiger partial charge is 0.205 e. The van der Waals surface area contributed by atoms with Crippen LogP contribution in [0.2, 0.25) is 0 Å². The van der Waals surface area contributed by atoms with Crippen LogP contribution in [-0.4, -0.2) is 13.5 Å². The van der Waals surface area contributed by atoms with E-state index in [-0.39, 0.29) is 9.80 Å². The fraction of sp³-hybridized carbons (Fsp3) is 0.333. The van der Waals surface area contributed by atoms with Crippen molar-refractivity contribution in [1.82, 2.24) is 0 Å². The molecule has 0 spiro atoms. The number of hydrogen-bond donors (Lipinski definition) is 1. The van der Waals surface area contributed by atoms with Crippen molar-refractivity contribution in [2.45, 2.75) is 51.0 Å². The van der Waals surface area contributed by atoms with Crippen molar-refractivity contribution in [3.8, 4) is 0 Å². The van der Waals surface area contributed by atoms with Crippen LogP contribution in [0.5, 0.6) is 0 Å². The van der Waals surface area contributed by atoms with E-state index in [9.17, 15) is 13.5 Å². The summed E-state index contributed by atoms with van der Waals surface area (Å²) in [6.45, 7) is 5.79. The van der Waals surface area contributed by atoms with E-state index in [0.717, 1.165) is 24.0 Å². The number of aliphatic hydroxyl groups excluding tert-OH is 1. The predicted molar refractivity (Wildman–Crippen MR) is 102 cm³/mol. The first-order valence-corrected chi connectivity index (χ1v) is 10.1. The van der Waals surface area contributed by atoms with Crippen molar-refractivity contribution in [2.24, 2.45) is 0 Å². The van der Waals surface area contributed by atoms with Gasteiger partial charge in [-0.1, -0.05) is 66.9 Å². The van der Waals surface area contributed by atoms with E-state index in [1.54, 1.807) is 48.5 Å². The molecule has 2 rings (SSSR count). The van der Waals surface area contributed by atoms with Crippen molar-refractivity contribution < 1.29 is 13.5 Å². The lowest BCUT2D eigenvalue weighted by molar-refractivity contribution is 0.221. The van der Waals surface area contributed by atoms with Gasteiger partial charge in [-0.15, -0.1) is 0 Å². The molecule has 0 saturated carbocycles. The highest BCUT2D eigenvalue weighted by Crippen LogP contribution is 2.34. The average Bonchev–Trinajstić information content (AvgIpc) is 2.61. The van der Waals surface area contributed by atoms with Gasteiger partial charge in [-0.05, 0) is 44.4 Å². The van der Waals surface area contributed by atoms with Gasteiger partial charge < -0.3 is 5.11 Å². The van der Waals surface area contributed by atoms with Gasteiger partial charge in [0.1, 0.15) is 6.10 Å². The molecule has 3 nitrogen and oxygen atoms in total. The zero-order valence-electron chi connectivity index (χ0n) is 15.1. The summed E-state index contributed by atoms with van der Waals surface area (Å²) in [6, 6.07) is 15.7. The van der Waals surface area contributed by atoms with Crippen molar-refractivity contribution in [3.05, 3.63) is 76.2 Å². The van der Waals surface area contributed by atoms with Gasteiger partial charge in [0.2, 0.25) is 9.84 Å². The number of allylic oxidation sites excluding steroid dienone is 1. The molecular weight excluding hydrogens is 332 g/mol. The predicted octanol–water partition coefficient (Wildman–Crippen LogP) is 4.97. The molecule has 0 heterocycles. The largest absolute Gasteiger partial charge is 0.383 e. The van der Waals surface area contributed by atoms with Gasteiger partial charge in [0.05, 0.1) is 9.80 Å². The van der Waals surface area contributed by atoms with Crippen LogP contribution in [0.4, 0.5) is 0 Å². The first-order valence-electron chi connectivity index (χ1n) is 8.62. The topological polar surface area (TPSA) is 54.4 Å². The normalized spacial score (nSPS) is 14.1. The third-order valence-corrected chi connectivity index (χ3v) is 6.35. The highest BCUT2D eigenvalue weighted by Gasteiger charge is 2.29. The Hall–Kier alpha value is -1.91. The van der Waals surface area contributed by atoms with E-state index >= 15 is 0 Å². The van der Waals surface area contributed by atoms with Gasteiger partial charge in [0, 0.05) is 0 Å². The molecule has 2 aromatic rings. The number of unbranched alkanes of at least 4 members (excludes halogenated alkanes) is 1. The van der Waals surface area contributed by atoms with E-state index in [4.69, 9.17) is 0 Å². The summed E-state index contributed by atoms with van der Waals surface area (Å²) < 4.78 is 26.5. The van der Waals surface area contributed by atoms with Crippen LogP contribution >= 0.6 is 0 Å². The lowest BCUT2D eigenvalue weighted by Gasteiger charge is -2.19. The number of benzene rings is 2. The van der Waals surface area contributed by atoms with Gasteiger partial charge in [-0.3, -0.25) is 0 Å². The van der Waals surface area contributed by atoms with Gasteiger partial charge in [0.15, 0.2) is 0 Å². The van der Waals surface area contributed by atoms with Gasteiger partial charge in [0.25, 0.3) is 0 Å². The van der Waals surface area contributed by atoms with E-state index in [1.165, 1.54) is 0 Å². The second-order valence-electron chi connectivity index (χ2n) is 6.38. The Morgan fingerprint density at radius 3 is 2.20 bits per heavy atom. The van der Waals surface area contributed by atoms with Crippen LogP contribution in [-0.2, 0) is 9.84 Å². The Bertz CT molecular complexity index is 819. The molecule has 134 valence electrons. The van der Waals surface area contributed by atoms with Crippen LogP contribution in [0.3, 0.4) is 0 Å². The molecule has 0 bridgehead atoms. The Morgan fingerprint density at radius 1 is 1.04 bits per heavy atom. The lowest BCUT2D eigenvalue weighted by atomic mass is 10.0. The van der Waals surface area contributed by atoms with E-state index in [0.29, 0.717) is 12.0 Å². The van der Waals surface area contributed by atoms with Gasteiger partial charge in [-0.25, -0.2) is 8.42 Å². The number of hydrogen-bond acceptors (Lipinski definition) is 3. The fourth-order valence-electron chi connectivity index (χ4n) is 2.81. The summed E-state index contributed by atoms with van der Waals surface area (Å²) in [7, 11) is -3.77. The molecule has 1 atom stereocenters. The Kier molecular flexibility index (Phi) is 6.57. The van der Waals surface area contributed by atoms with Crippen LogP contribution in [0.25, 0.3) is 0 Å². The molecule has 0 radical (unpaired) electrons. The number of rotatable bonds is 7. The number of aliphatic hydroxyl groups is 1. The average molecular weight is 359 g/mol. The van der Waals surface area contributed by atoms with Gasteiger partial charge >= 0.3 is 0 Å². The zero-order chi connectivity index (χ0) is 18.4. The number of sulfone groups is 1. The molecule has 1 N–H and O–H groups in total. The molecule has 0 amide bonds. The van der Waals surface area contributed by atoms with E-state index in [2.05, 4.69) is 6.92 Å². The minimum absolute atomic E-state index is 0.107. The Morgan fingerprint density at radius 2 is 1.64 bits per heavy atom. The second-order valence-corrected chi connectivity index (χ2v) is 8.30. The molecule has 1 unspecified atom stereocenters. The highest BCUT2D eigenvalue weighted by molar-refractivity contribution is 7.95. The molecular formula is C21H26O3S. The minimum Gasteiger partial charge on any atom is -0.383 e. The summed E-state index contributed by atoms with van der Waals surface area (Å²) in [6.07, 6.45) is 1.35. The van der Waals surface area contributed by atoms with Crippen molar-refractivity contribution in [3.63, 3.8) is 0 Å². The fourth-order valence-corrected chi connectivity index (χ4v) is 4.55. The third-order valence-electron chi connectivity index (χ3n) is 4.31. The molecule has 0 saturated heterocycles. The molecule has 0 fully saturated rings. The molecule has 0 aliphatic carbocycles. The second kappa shape index (κ2) is 8.45. The molecule has 0 aromatic heterocycles. The lowest BCUT2D eigenvalue weighted by Crippen LogP contribution is -2.15. The SMILES string of the molecule is CCCC/C(C)=C(/C(O)c1ccccc1)S(=O)(=O)c1ccc(C)cc1. The Labute approximate surface area is 151 Å². The summed E-state index contributed by atoms with van der Waals surface area (Å²) in [5, 5.41) is 10.9. The van der Waals surface area contributed by atoms with Crippen LogP contribution in [0.1, 0.15) is 50.3 Å². The highest BCUT2D eigenvalue weighted by atomic mass is 32.2. The van der Waals surface area contributed by atoms with Crippen molar-refractivity contribution >= 4 is 9.84 Å². The monoisotopic (exact) mass is 358 g/mol. The first-order chi connectivity index (χ1) is 11.9. The standard InChI is InChI=1S/C21H26O3S/c1-4-5-9-17(3)21(20(22)18-10-7-6-8-11-18)25(23,24)19-14-12-16(2)13-15-19/h6-8,10-15,20,22H,4-5,9H2,1-3H3/b21-17-. The molecule has 0 aliphatic rings. The van der Waals surface area contributed by atoms with E-state index < -0.39 is 15.9 Å². The molecule has 2 aromatic carbocycles. The summed E-state index contributed by atoms with van der Waals surface area (Å²) in [5.41, 5.74) is 2.30. The first kappa shape index (κ1) is 19.4.